The van der Waals surface area contributed by atoms with Crippen molar-refractivity contribution < 1.29 is 57.1 Å². The van der Waals surface area contributed by atoms with E-state index in [-0.39, 0.29) is 61.1 Å². The molecule has 0 spiro atoms. The predicted octanol–water partition coefficient (Wildman–Crippen LogP) is 12.6. The van der Waals surface area contributed by atoms with Crippen molar-refractivity contribution in [1.82, 2.24) is 9.97 Å². The van der Waals surface area contributed by atoms with Crippen LogP contribution in [-0.4, -0.2) is 47.7 Å². The number of aromatic nitrogens is 2. The second kappa shape index (κ2) is 27.1. The molecule has 354 valence electrons. The van der Waals surface area contributed by atoms with E-state index in [9.17, 15) is 14.4 Å². The number of pyridine rings is 2. The van der Waals surface area contributed by atoms with Crippen molar-refractivity contribution in [3.05, 3.63) is 185 Å². The van der Waals surface area contributed by atoms with Crippen molar-refractivity contribution >= 4 is 65.5 Å². The number of benzene rings is 5. The molecule has 2 heterocycles. The van der Waals surface area contributed by atoms with Crippen LogP contribution in [0.4, 0.5) is 11.4 Å². The van der Waals surface area contributed by atoms with Crippen molar-refractivity contribution in [3.8, 4) is 0 Å². The molecule has 2 aromatic heterocycles. The molecule has 0 bridgehead atoms. The van der Waals surface area contributed by atoms with Gasteiger partial charge in [-0.25, -0.2) is 4.79 Å². The van der Waals surface area contributed by atoms with E-state index in [4.69, 9.17) is 17.3 Å². The van der Waals surface area contributed by atoms with Gasteiger partial charge in [-0.15, -0.1) is 0 Å². The zero-order valence-electron chi connectivity index (χ0n) is 42.0. The zero-order valence-corrected chi connectivity index (χ0v) is 45.2. The third-order valence-corrected chi connectivity index (χ3v) is 10.6. The van der Waals surface area contributed by atoms with E-state index < -0.39 is 11.9 Å². The Hall–Kier alpha value is -6.01. The molecule has 0 aliphatic heterocycles. The summed E-state index contributed by atoms with van der Waals surface area (Å²) in [5.74, 6) is -1.65. The summed E-state index contributed by atoms with van der Waals surface area (Å²) >= 11 is 0. The smallest absolute Gasteiger partial charge is 0.328 e. The monoisotopic (exact) mass is 1140 g/mol. The van der Waals surface area contributed by atoms with E-state index in [1.807, 2.05) is 97.1 Å². The first-order chi connectivity index (χ1) is 32.1. The number of carboxylic acid groups (broad SMARTS) is 2. The average molecular weight is 1140 g/mol. The van der Waals surface area contributed by atoms with Gasteiger partial charge in [-0.05, 0) is 94.1 Å². The first-order valence-electron chi connectivity index (χ1n) is 22.8. The number of anilines is 2. The van der Waals surface area contributed by atoms with Crippen molar-refractivity contribution in [2.75, 3.05) is 11.1 Å². The molecule has 0 aliphatic rings. The Labute approximate surface area is 431 Å². The van der Waals surface area contributed by atoms with E-state index in [1.54, 1.807) is 18.5 Å². The Morgan fingerprint density at radius 2 is 1.03 bits per heavy atom. The fourth-order valence-corrected chi connectivity index (χ4v) is 6.56. The van der Waals surface area contributed by atoms with Crippen LogP contribution in [0, 0.1) is 31.1 Å². The van der Waals surface area contributed by atoms with E-state index in [0.29, 0.717) is 18.5 Å². The van der Waals surface area contributed by atoms with Gasteiger partial charge in [-0.1, -0.05) is 172 Å². The van der Waals surface area contributed by atoms with Gasteiger partial charge in [0.1, 0.15) is 0 Å². The molecule has 0 unspecified atom stereocenters. The standard InChI is InChI=1S/C22H24N2O.C13H18O2.C13H16O2.C9H8N2.BH.U.H2/c1-22(2,3)18-11-8-16(9-12-18)10-13-21(25)24-19-14-17-6-4-5-7-20(17)23-15-19;2*1-13(2,3)11-7-4-10(5-8-11)6-9-12(14)15;10-8-5-7-3-1-2-4-9(7)11-6-8;;;/h4-9,11-12,14-15H,10,13H2,1-3H3,(H,24,25);4-5,7-8H,6,9H2,1-3H3,(H,14,15);4-9H,1-3H3,(H,14,15);1-6H,10H2;1H;;1H/b;;9-6+;;;;/i;;;;1T;;. The molecular weight excluding hydrogens is 1070 g/mol. The minimum atomic E-state index is -0.921. The molecule has 0 fully saturated rings. The number of carbonyl (C=O) groups excluding carboxylic acids is 1. The van der Waals surface area contributed by atoms with Crippen molar-refractivity contribution in [1.29, 1.82) is 1.34 Å². The number of rotatable bonds is 9. The third-order valence-electron chi connectivity index (χ3n) is 10.6. The maximum atomic E-state index is 12.2. The molecule has 11 heteroatoms. The Bertz CT molecular complexity index is 2710. The quantitative estimate of drug-likeness (QED) is 0.0823. The largest absolute Gasteiger partial charge is 0.481 e. The minimum absolute atomic E-state index is 0. The topological polar surface area (TPSA) is 156 Å². The summed E-state index contributed by atoms with van der Waals surface area (Å²) in [6, 6.07) is 44.3. The molecule has 0 aliphatic carbocycles. The van der Waals surface area contributed by atoms with Crippen LogP contribution >= 0.6 is 0 Å². The SMILES string of the molecule is CC(C)(C)c1ccc(/C=C/C(=O)O)cc1.CC(C)(C)c1ccc(CCC(=O)Nc2cnc3ccccc3c2)cc1.CC(C)(C)c1ccc(CCC(=O)O)cc1.Nc1cnc2ccccc2c1.[3H][B].[HH].[U]. The summed E-state index contributed by atoms with van der Waals surface area (Å²) in [6.07, 6.45) is 8.12. The molecule has 5 aromatic carbocycles. The second-order valence-corrected chi connectivity index (χ2v) is 19.3. The summed E-state index contributed by atoms with van der Waals surface area (Å²) in [5, 5.41) is 22.1. The molecule has 2 radical (unpaired) electrons. The number of aryl methyl sites for hydroxylation is 2. The summed E-state index contributed by atoms with van der Waals surface area (Å²) < 4.78 is 5.25. The summed E-state index contributed by atoms with van der Waals surface area (Å²) in [7, 11) is 3.75. The van der Waals surface area contributed by atoms with Gasteiger partial charge >= 0.3 is 11.9 Å². The minimum Gasteiger partial charge on any atom is -0.481 e. The van der Waals surface area contributed by atoms with Gasteiger partial charge in [0.05, 0.1) is 34.8 Å². The number of carbonyl (C=O) groups is 3. The van der Waals surface area contributed by atoms with E-state index >= 15 is 0 Å². The van der Waals surface area contributed by atoms with Gasteiger partial charge in [0.15, 0.2) is 0 Å². The molecule has 7 rings (SSSR count). The first kappa shape index (κ1) is 56.3. The zero-order chi connectivity index (χ0) is 50.5. The molecular formula is C57H69BN4O5U. The van der Waals surface area contributed by atoms with Gasteiger partial charge < -0.3 is 21.3 Å². The van der Waals surface area contributed by atoms with Gasteiger partial charge in [0.2, 0.25) is 5.91 Å². The van der Waals surface area contributed by atoms with E-state index in [2.05, 4.69) is 122 Å². The normalized spacial score (nSPS) is 11.1. The van der Waals surface area contributed by atoms with E-state index in [0.717, 1.165) is 51.1 Å². The number of aliphatic carboxylic acids is 2. The molecule has 9 nitrogen and oxygen atoms in total. The van der Waals surface area contributed by atoms with Crippen LogP contribution in [0.3, 0.4) is 0 Å². The second-order valence-electron chi connectivity index (χ2n) is 19.3. The summed E-state index contributed by atoms with van der Waals surface area (Å²) in [5.41, 5.74) is 16.4. The van der Waals surface area contributed by atoms with Gasteiger partial charge in [-0.2, -0.15) is 0 Å². The number of hydrogen-bond acceptors (Lipinski definition) is 6. The van der Waals surface area contributed by atoms with Gasteiger partial charge in [-0.3, -0.25) is 19.6 Å². The fraction of sp³-hybridized carbons (Fsp3) is 0.281. The molecule has 1 amide bonds. The summed E-state index contributed by atoms with van der Waals surface area (Å²) in [6.45, 7) is 19.5. The van der Waals surface area contributed by atoms with Gasteiger partial charge in [0, 0.05) is 70.6 Å². The van der Waals surface area contributed by atoms with Crippen LogP contribution in [-0.2, 0) is 43.5 Å². The van der Waals surface area contributed by atoms with Crippen LogP contribution in [0.2, 0.25) is 0 Å². The third kappa shape index (κ3) is 20.5. The van der Waals surface area contributed by atoms with Crippen LogP contribution in [0.15, 0.2) is 152 Å². The maximum absolute atomic E-state index is 12.2. The number of nitrogen functional groups attached to an aromatic ring is 1. The van der Waals surface area contributed by atoms with Crippen molar-refractivity contribution in [2.24, 2.45) is 0 Å². The Morgan fingerprint density at radius 1 is 0.618 bits per heavy atom. The van der Waals surface area contributed by atoms with Crippen LogP contribution < -0.4 is 11.1 Å². The molecule has 7 aromatic rings. The number of nitrogens with zero attached hydrogens (tertiary/aromatic N) is 2. The van der Waals surface area contributed by atoms with Gasteiger partial charge in [0.25, 0.3) is 0 Å². The number of nitrogens with one attached hydrogen (secondary N) is 1. The molecule has 5 N–H and O–H groups in total. The number of carboxylic acids is 2. The average Bonchev–Trinajstić information content (AvgIpc) is 3.30. The van der Waals surface area contributed by atoms with Crippen LogP contribution in [0.5, 0.6) is 0 Å². The Morgan fingerprint density at radius 3 is 1.47 bits per heavy atom. The number of amides is 1. The van der Waals surface area contributed by atoms with Crippen LogP contribution in [0.25, 0.3) is 27.9 Å². The summed E-state index contributed by atoms with van der Waals surface area (Å²) in [4.78, 5) is 41.4. The van der Waals surface area contributed by atoms with Crippen LogP contribution in [0.1, 0.15) is 110 Å². The fourth-order valence-electron chi connectivity index (χ4n) is 6.56. The number of hydrogen-bond donors (Lipinski definition) is 4. The Balaban J connectivity index is 0.000000477. The Kier molecular flexibility index (Phi) is 22.4. The number of fused-ring (bicyclic) bond motifs is 2. The molecule has 0 atom stereocenters. The predicted molar refractivity (Wildman–Crippen MR) is 282 cm³/mol. The first-order valence-corrected chi connectivity index (χ1v) is 22.2. The van der Waals surface area contributed by atoms with Crippen molar-refractivity contribution in [3.63, 3.8) is 0 Å². The van der Waals surface area contributed by atoms with E-state index in [1.165, 1.54) is 22.3 Å². The molecule has 0 saturated heterocycles. The maximum Gasteiger partial charge on any atom is 0.328 e. The van der Waals surface area contributed by atoms with Crippen molar-refractivity contribution in [2.45, 2.75) is 104 Å². The molecule has 68 heavy (non-hydrogen) atoms. The molecule has 0 saturated carbocycles. The number of nitrogens with two attached hydrogens (primary N) is 1. The number of para-hydroxylation sites is 2.